The molecule has 1 aliphatic rings. The number of hydrogen-bond acceptors (Lipinski definition) is 8. The Balaban J connectivity index is 1.67. The number of anilines is 4. The Morgan fingerprint density at radius 1 is 1.20 bits per heavy atom. The predicted octanol–water partition coefficient (Wildman–Crippen LogP) is 3.69. The first-order chi connectivity index (χ1) is 16.8. The molecule has 9 nitrogen and oxygen atoms in total. The van der Waals surface area contributed by atoms with Crippen LogP contribution in [-0.4, -0.2) is 33.9 Å². The summed E-state index contributed by atoms with van der Waals surface area (Å²) in [7, 11) is 0. The number of halogens is 1. The van der Waals surface area contributed by atoms with Crippen LogP contribution in [0.1, 0.15) is 48.0 Å². The van der Waals surface area contributed by atoms with Gasteiger partial charge in [0, 0.05) is 25.0 Å². The molecule has 10 heteroatoms. The van der Waals surface area contributed by atoms with E-state index in [1.54, 1.807) is 13.8 Å². The standard InChI is InChI=1S/C25H27FN8O/c1-4-29-23(35)18-13-30-24(31-17-6-5-15-9-10-28-12-16(15)11-17)34-22(18)33-20-8-7-19(26)21(32-20)25(2,3)14-27/h5-8,11,13,28H,4,9-10,12H2,1-3H3,(H,29,35)(H2,30,31,32,33,34). The van der Waals surface area contributed by atoms with Crippen LogP contribution in [0.25, 0.3) is 0 Å². The Labute approximate surface area is 203 Å². The lowest BCUT2D eigenvalue weighted by molar-refractivity contribution is 0.0956. The van der Waals surface area contributed by atoms with Gasteiger partial charge in [0.15, 0.2) is 0 Å². The molecule has 0 bridgehead atoms. The van der Waals surface area contributed by atoms with Crippen LogP contribution in [0.3, 0.4) is 0 Å². The Kier molecular flexibility index (Phi) is 6.89. The van der Waals surface area contributed by atoms with Crippen molar-refractivity contribution < 1.29 is 9.18 Å². The summed E-state index contributed by atoms with van der Waals surface area (Å²) in [5.41, 5.74) is 2.41. The molecule has 35 heavy (non-hydrogen) atoms. The number of amides is 1. The molecular weight excluding hydrogens is 447 g/mol. The maximum atomic E-state index is 14.4. The lowest BCUT2D eigenvalue weighted by Gasteiger charge is -2.19. The van der Waals surface area contributed by atoms with Crippen molar-refractivity contribution in [3.63, 3.8) is 0 Å². The van der Waals surface area contributed by atoms with Crippen LogP contribution in [0.5, 0.6) is 0 Å². The number of carbonyl (C=O) groups excluding carboxylic acids is 1. The number of fused-ring (bicyclic) bond motifs is 1. The van der Waals surface area contributed by atoms with Gasteiger partial charge in [0.05, 0.1) is 17.2 Å². The summed E-state index contributed by atoms with van der Waals surface area (Å²) in [5.74, 6) is -0.212. The van der Waals surface area contributed by atoms with Gasteiger partial charge in [0.2, 0.25) is 5.95 Å². The molecule has 4 rings (SSSR count). The molecule has 2 aromatic heterocycles. The van der Waals surface area contributed by atoms with Crippen LogP contribution in [-0.2, 0) is 18.4 Å². The van der Waals surface area contributed by atoms with Crippen molar-refractivity contribution in [3.05, 3.63) is 64.7 Å². The molecule has 1 amide bonds. The number of benzene rings is 1. The van der Waals surface area contributed by atoms with Crippen LogP contribution in [0.15, 0.2) is 36.5 Å². The zero-order chi connectivity index (χ0) is 25.0. The smallest absolute Gasteiger partial charge is 0.256 e. The first-order valence-electron chi connectivity index (χ1n) is 11.4. The quantitative estimate of drug-likeness (QED) is 0.408. The minimum Gasteiger partial charge on any atom is -0.352 e. The van der Waals surface area contributed by atoms with Gasteiger partial charge in [-0.05, 0) is 69.1 Å². The Morgan fingerprint density at radius 3 is 2.80 bits per heavy atom. The second-order valence-electron chi connectivity index (χ2n) is 8.74. The molecule has 1 aliphatic heterocycles. The summed E-state index contributed by atoms with van der Waals surface area (Å²) < 4.78 is 14.4. The summed E-state index contributed by atoms with van der Waals surface area (Å²) >= 11 is 0. The minimum absolute atomic E-state index is 0.000340. The third-order valence-electron chi connectivity index (χ3n) is 5.68. The van der Waals surface area contributed by atoms with Crippen molar-refractivity contribution >= 4 is 29.2 Å². The van der Waals surface area contributed by atoms with E-state index in [1.807, 2.05) is 19.1 Å². The average Bonchev–Trinajstić information content (AvgIpc) is 2.85. The maximum absolute atomic E-state index is 14.4. The fraction of sp³-hybridized carbons (Fsp3) is 0.320. The lowest BCUT2D eigenvalue weighted by Crippen LogP contribution is -2.25. The molecular formula is C25H27FN8O. The first kappa shape index (κ1) is 24.0. The number of aromatic nitrogens is 3. The van der Waals surface area contributed by atoms with Crippen LogP contribution in [0.4, 0.5) is 27.7 Å². The molecule has 0 saturated heterocycles. The van der Waals surface area contributed by atoms with Crippen LogP contribution >= 0.6 is 0 Å². The topological polar surface area (TPSA) is 128 Å². The molecule has 0 saturated carbocycles. The van der Waals surface area contributed by atoms with E-state index >= 15 is 0 Å². The molecule has 1 aromatic carbocycles. The summed E-state index contributed by atoms with van der Waals surface area (Å²) in [6.07, 6.45) is 2.41. The maximum Gasteiger partial charge on any atom is 0.256 e. The van der Waals surface area contributed by atoms with E-state index in [9.17, 15) is 14.4 Å². The SMILES string of the molecule is CCNC(=O)c1cnc(Nc2ccc3c(c2)CNCC3)nc1Nc1ccc(F)c(C(C)(C)C#N)n1. The van der Waals surface area contributed by atoms with E-state index in [2.05, 4.69) is 48.4 Å². The van der Waals surface area contributed by atoms with Crippen molar-refractivity contribution in [3.8, 4) is 6.07 Å². The molecule has 4 N–H and O–H groups in total. The van der Waals surface area contributed by atoms with Crippen molar-refractivity contribution in [1.82, 2.24) is 25.6 Å². The summed E-state index contributed by atoms with van der Waals surface area (Å²) in [6, 6.07) is 10.8. The highest BCUT2D eigenvalue weighted by atomic mass is 19.1. The normalized spacial score (nSPS) is 12.9. The highest BCUT2D eigenvalue weighted by Gasteiger charge is 2.26. The number of nitriles is 1. The highest BCUT2D eigenvalue weighted by molar-refractivity contribution is 5.99. The number of carbonyl (C=O) groups is 1. The molecule has 3 aromatic rings. The fourth-order valence-electron chi connectivity index (χ4n) is 3.77. The third-order valence-corrected chi connectivity index (χ3v) is 5.68. The molecule has 0 atom stereocenters. The third kappa shape index (κ3) is 5.36. The molecule has 180 valence electrons. The predicted molar refractivity (Wildman–Crippen MR) is 131 cm³/mol. The van der Waals surface area contributed by atoms with Gasteiger partial charge in [-0.15, -0.1) is 0 Å². The van der Waals surface area contributed by atoms with E-state index in [-0.39, 0.29) is 34.7 Å². The van der Waals surface area contributed by atoms with Gasteiger partial charge >= 0.3 is 0 Å². The van der Waals surface area contributed by atoms with Gasteiger partial charge in [-0.2, -0.15) is 10.2 Å². The molecule has 0 aliphatic carbocycles. The second-order valence-corrected chi connectivity index (χ2v) is 8.74. The Bertz CT molecular complexity index is 1300. The molecule has 0 radical (unpaired) electrons. The summed E-state index contributed by atoms with van der Waals surface area (Å²) in [5, 5.41) is 21.7. The zero-order valence-electron chi connectivity index (χ0n) is 19.9. The summed E-state index contributed by atoms with van der Waals surface area (Å²) in [6.45, 7) is 7.17. The first-order valence-corrected chi connectivity index (χ1v) is 11.4. The van der Waals surface area contributed by atoms with Gasteiger partial charge in [-0.1, -0.05) is 6.07 Å². The van der Waals surface area contributed by atoms with Gasteiger partial charge in [-0.25, -0.2) is 14.4 Å². The number of pyridine rings is 1. The molecule has 0 unspecified atom stereocenters. The van der Waals surface area contributed by atoms with Crippen LogP contribution in [0, 0.1) is 17.1 Å². The number of nitrogens with zero attached hydrogens (tertiary/aromatic N) is 4. The Morgan fingerprint density at radius 2 is 2.03 bits per heavy atom. The Hall–Kier alpha value is -4.10. The van der Waals surface area contributed by atoms with Crippen molar-refractivity contribution in [2.75, 3.05) is 23.7 Å². The van der Waals surface area contributed by atoms with Crippen molar-refractivity contribution in [2.45, 2.75) is 39.2 Å². The second kappa shape index (κ2) is 10.0. The minimum atomic E-state index is -1.14. The van der Waals surface area contributed by atoms with E-state index in [4.69, 9.17) is 0 Å². The van der Waals surface area contributed by atoms with Gasteiger partial charge in [0.25, 0.3) is 5.91 Å². The largest absolute Gasteiger partial charge is 0.352 e. The summed E-state index contributed by atoms with van der Waals surface area (Å²) in [4.78, 5) is 25.7. The van der Waals surface area contributed by atoms with E-state index in [0.29, 0.717) is 6.54 Å². The zero-order valence-corrected chi connectivity index (χ0v) is 19.9. The molecule has 0 fully saturated rings. The monoisotopic (exact) mass is 474 g/mol. The van der Waals surface area contributed by atoms with Gasteiger partial charge in [0.1, 0.15) is 23.0 Å². The number of rotatable bonds is 7. The van der Waals surface area contributed by atoms with Gasteiger partial charge in [-0.3, -0.25) is 4.79 Å². The van der Waals surface area contributed by atoms with Gasteiger partial charge < -0.3 is 21.3 Å². The van der Waals surface area contributed by atoms with E-state index < -0.39 is 11.2 Å². The highest BCUT2D eigenvalue weighted by Crippen LogP contribution is 2.27. The van der Waals surface area contributed by atoms with E-state index in [0.717, 1.165) is 25.2 Å². The lowest BCUT2D eigenvalue weighted by atomic mass is 9.90. The van der Waals surface area contributed by atoms with Crippen molar-refractivity contribution in [1.29, 1.82) is 5.26 Å². The fourth-order valence-corrected chi connectivity index (χ4v) is 3.77. The van der Waals surface area contributed by atoms with Crippen LogP contribution < -0.4 is 21.3 Å². The average molecular weight is 475 g/mol. The molecule has 3 heterocycles. The van der Waals surface area contributed by atoms with Crippen molar-refractivity contribution in [2.24, 2.45) is 0 Å². The number of hydrogen-bond donors (Lipinski definition) is 4. The molecule has 0 spiro atoms. The van der Waals surface area contributed by atoms with E-state index in [1.165, 1.54) is 29.5 Å². The van der Waals surface area contributed by atoms with Crippen LogP contribution in [0.2, 0.25) is 0 Å². The number of nitrogens with one attached hydrogen (secondary N) is 4.